The van der Waals surface area contributed by atoms with Gasteiger partial charge in [0.15, 0.2) is 0 Å². The third kappa shape index (κ3) is 8.23. The molecule has 0 bridgehead atoms. The van der Waals surface area contributed by atoms with Crippen LogP contribution < -0.4 is 11.1 Å². The van der Waals surface area contributed by atoms with Gasteiger partial charge in [0, 0.05) is 18.6 Å². The molecule has 206 valence electrons. The number of hydroxylamine groups is 2. The fourth-order valence-electron chi connectivity index (χ4n) is 5.63. The number of hydrogen-bond acceptors (Lipinski definition) is 5. The number of piperidine rings is 1. The van der Waals surface area contributed by atoms with Crippen LogP contribution in [0.3, 0.4) is 0 Å². The summed E-state index contributed by atoms with van der Waals surface area (Å²) in [6, 6.07) is 5.59. The number of halogens is 1. The topological polar surface area (TPSA) is 116 Å². The molecule has 2 atom stereocenters. The van der Waals surface area contributed by atoms with E-state index in [1.54, 1.807) is 17.0 Å². The maximum Gasteiger partial charge on any atom is 0.245 e. The standard InChI is InChI=1S/C28H43FN4O4/c1-27(2,3)24(31-25(35)22(18-33(37)19-34)16-20-6-4-5-7-20)26(36)32-14-12-28(30,13-15-32)17-21-8-10-23(29)11-9-21/h8-11,19-20,22,24,37H,4-7,12-18,30H2,1-3H3,(H,31,35)/t22?,24-/m1/s1. The van der Waals surface area contributed by atoms with Gasteiger partial charge in [-0.05, 0) is 54.7 Å². The van der Waals surface area contributed by atoms with Gasteiger partial charge in [-0.25, -0.2) is 9.45 Å². The number of carbonyl (C=O) groups excluding carboxylic acids is 3. The van der Waals surface area contributed by atoms with Gasteiger partial charge in [-0.3, -0.25) is 19.6 Å². The maximum absolute atomic E-state index is 13.6. The van der Waals surface area contributed by atoms with Crippen molar-refractivity contribution in [2.45, 2.75) is 83.7 Å². The number of nitrogens with one attached hydrogen (secondary N) is 1. The number of carbonyl (C=O) groups is 3. The van der Waals surface area contributed by atoms with Gasteiger partial charge in [0.25, 0.3) is 0 Å². The summed E-state index contributed by atoms with van der Waals surface area (Å²) in [5.74, 6) is -0.970. The summed E-state index contributed by atoms with van der Waals surface area (Å²) in [6.07, 6.45) is 6.99. The van der Waals surface area contributed by atoms with Crippen molar-refractivity contribution in [2.75, 3.05) is 19.6 Å². The molecule has 2 aliphatic rings. The van der Waals surface area contributed by atoms with E-state index in [0.717, 1.165) is 31.2 Å². The minimum Gasteiger partial charge on any atom is -0.344 e. The van der Waals surface area contributed by atoms with Gasteiger partial charge in [0.1, 0.15) is 11.9 Å². The molecule has 3 rings (SSSR count). The fourth-order valence-corrected chi connectivity index (χ4v) is 5.63. The predicted octanol–water partition coefficient (Wildman–Crippen LogP) is 3.26. The molecule has 1 heterocycles. The van der Waals surface area contributed by atoms with E-state index in [0.29, 0.717) is 56.2 Å². The van der Waals surface area contributed by atoms with E-state index in [4.69, 9.17) is 5.73 Å². The summed E-state index contributed by atoms with van der Waals surface area (Å²) in [4.78, 5) is 39.8. The Kier molecular flexibility index (Phi) is 9.69. The third-order valence-electron chi connectivity index (χ3n) is 7.93. The SMILES string of the molecule is CC(C)(C)[C@H](NC(=O)C(CC1CCCC1)CN(O)C=O)C(=O)N1CCC(N)(Cc2ccc(F)cc2)CC1. The molecule has 0 radical (unpaired) electrons. The van der Waals surface area contributed by atoms with Gasteiger partial charge < -0.3 is 16.0 Å². The third-order valence-corrected chi connectivity index (χ3v) is 7.93. The van der Waals surface area contributed by atoms with Crippen LogP contribution in [0.5, 0.6) is 0 Å². The Morgan fingerprint density at radius 3 is 2.35 bits per heavy atom. The van der Waals surface area contributed by atoms with Crippen LogP contribution in [-0.2, 0) is 20.8 Å². The van der Waals surface area contributed by atoms with Crippen LogP contribution in [0.1, 0.15) is 71.3 Å². The summed E-state index contributed by atoms with van der Waals surface area (Å²) in [5.41, 5.74) is 6.59. The zero-order valence-corrected chi connectivity index (χ0v) is 22.4. The van der Waals surface area contributed by atoms with Crippen LogP contribution in [0.15, 0.2) is 24.3 Å². The highest BCUT2D eigenvalue weighted by Gasteiger charge is 2.40. The molecule has 1 aliphatic carbocycles. The molecule has 0 spiro atoms. The van der Waals surface area contributed by atoms with Crippen LogP contribution in [0.4, 0.5) is 4.39 Å². The van der Waals surface area contributed by atoms with Crippen LogP contribution in [0, 0.1) is 23.1 Å². The quantitative estimate of drug-likeness (QED) is 0.250. The molecule has 1 aromatic carbocycles. The van der Waals surface area contributed by atoms with E-state index >= 15 is 0 Å². The number of rotatable bonds is 10. The number of benzene rings is 1. The first-order valence-corrected chi connectivity index (χ1v) is 13.4. The zero-order valence-electron chi connectivity index (χ0n) is 22.4. The Labute approximate surface area is 219 Å². The fraction of sp³-hybridized carbons (Fsp3) is 0.679. The maximum atomic E-state index is 13.6. The Hall–Kier alpha value is -2.52. The van der Waals surface area contributed by atoms with E-state index in [-0.39, 0.29) is 24.2 Å². The summed E-state index contributed by atoms with van der Waals surface area (Å²) in [7, 11) is 0. The second kappa shape index (κ2) is 12.3. The van der Waals surface area contributed by atoms with Gasteiger partial charge in [-0.2, -0.15) is 0 Å². The molecule has 1 aromatic rings. The Balaban J connectivity index is 1.65. The Morgan fingerprint density at radius 1 is 1.22 bits per heavy atom. The van der Waals surface area contributed by atoms with Crippen molar-refractivity contribution in [2.24, 2.45) is 23.0 Å². The highest BCUT2D eigenvalue weighted by Crippen LogP contribution is 2.32. The first-order chi connectivity index (χ1) is 17.4. The normalized spacial score (nSPS) is 19.8. The van der Waals surface area contributed by atoms with Gasteiger partial charge in [0.2, 0.25) is 18.2 Å². The lowest BCUT2D eigenvalue weighted by atomic mass is 9.81. The second-order valence-electron chi connectivity index (χ2n) is 12.1. The van der Waals surface area contributed by atoms with Gasteiger partial charge in [-0.1, -0.05) is 58.6 Å². The van der Waals surface area contributed by atoms with Gasteiger partial charge in [0.05, 0.1) is 12.5 Å². The molecule has 1 saturated heterocycles. The van der Waals surface area contributed by atoms with E-state index in [9.17, 15) is 24.0 Å². The Morgan fingerprint density at radius 2 is 1.81 bits per heavy atom. The highest BCUT2D eigenvalue weighted by atomic mass is 19.1. The largest absolute Gasteiger partial charge is 0.344 e. The van der Waals surface area contributed by atoms with E-state index in [1.807, 2.05) is 20.8 Å². The molecule has 2 fully saturated rings. The van der Waals surface area contributed by atoms with Crippen LogP contribution >= 0.6 is 0 Å². The molecule has 0 aromatic heterocycles. The van der Waals surface area contributed by atoms with Crippen LogP contribution in [-0.4, -0.2) is 64.6 Å². The second-order valence-corrected chi connectivity index (χ2v) is 12.1. The number of nitrogens with zero attached hydrogens (tertiary/aromatic N) is 2. The van der Waals surface area contributed by atoms with Crippen LogP contribution in [0.2, 0.25) is 0 Å². The van der Waals surface area contributed by atoms with Crippen molar-refractivity contribution in [3.8, 4) is 0 Å². The first kappa shape index (κ1) is 29.0. The van der Waals surface area contributed by atoms with Crippen molar-refractivity contribution in [3.63, 3.8) is 0 Å². The highest BCUT2D eigenvalue weighted by molar-refractivity contribution is 5.89. The van der Waals surface area contributed by atoms with Crippen molar-refractivity contribution in [1.82, 2.24) is 15.3 Å². The molecular formula is C28H43FN4O4. The summed E-state index contributed by atoms with van der Waals surface area (Å²) >= 11 is 0. The van der Waals surface area contributed by atoms with Gasteiger partial charge in [-0.15, -0.1) is 0 Å². The molecule has 8 nitrogen and oxygen atoms in total. The van der Waals surface area contributed by atoms with Crippen molar-refractivity contribution in [1.29, 1.82) is 0 Å². The summed E-state index contributed by atoms with van der Waals surface area (Å²) in [6.45, 7) is 6.59. The molecule has 1 unspecified atom stereocenters. The van der Waals surface area contributed by atoms with E-state index in [1.165, 1.54) is 12.1 Å². The summed E-state index contributed by atoms with van der Waals surface area (Å²) < 4.78 is 13.3. The van der Waals surface area contributed by atoms with Gasteiger partial charge >= 0.3 is 0 Å². The molecule has 1 saturated carbocycles. The molecule has 1 aliphatic heterocycles. The Bertz CT molecular complexity index is 919. The molecule has 4 N–H and O–H groups in total. The molecular weight excluding hydrogens is 475 g/mol. The molecule has 37 heavy (non-hydrogen) atoms. The number of likely N-dealkylation sites (tertiary alicyclic amines) is 1. The lowest BCUT2D eigenvalue weighted by molar-refractivity contribution is -0.156. The van der Waals surface area contributed by atoms with Crippen molar-refractivity contribution >= 4 is 18.2 Å². The smallest absolute Gasteiger partial charge is 0.245 e. The van der Waals surface area contributed by atoms with E-state index in [2.05, 4.69) is 5.32 Å². The molecule has 3 amide bonds. The monoisotopic (exact) mass is 518 g/mol. The first-order valence-electron chi connectivity index (χ1n) is 13.4. The number of nitrogens with two attached hydrogens (primary N) is 1. The average Bonchev–Trinajstić information content (AvgIpc) is 3.36. The lowest BCUT2D eigenvalue weighted by Gasteiger charge is -2.42. The zero-order chi connectivity index (χ0) is 27.2. The van der Waals surface area contributed by atoms with Crippen molar-refractivity contribution in [3.05, 3.63) is 35.6 Å². The lowest BCUT2D eigenvalue weighted by Crippen LogP contribution is -2.60. The molecule has 9 heteroatoms. The number of hydrogen-bond donors (Lipinski definition) is 3. The minimum absolute atomic E-state index is 0.0975. The average molecular weight is 519 g/mol. The van der Waals surface area contributed by atoms with Crippen molar-refractivity contribution < 1.29 is 24.0 Å². The minimum atomic E-state index is -0.753. The van der Waals surface area contributed by atoms with Crippen LogP contribution in [0.25, 0.3) is 0 Å². The van der Waals surface area contributed by atoms with E-state index < -0.39 is 22.9 Å². The predicted molar refractivity (Wildman–Crippen MR) is 139 cm³/mol. The summed E-state index contributed by atoms with van der Waals surface area (Å²) in [5, 5.41) is 13.3. The number of amides is 3.